The van der Waals surface area contributed by atoms with E-state index in [1.54, 1.807) is 18.2 Å². The number of anilines is 1. The molecule has 0 aromatic heterocycles. The number of phenols is 1. The van der Waals surface area contributed by atoms with Crippen LogP contribution in [0, 0.1) is 5.82 Å². The average Bonchev–Trinajstić information content (AvgIpc) is 2.94. The molecule has 0 bridgehead atoms. The minimum absolute atomic E-state index is 0.0182. The van der Waals surface area contributed by atoms with E-state index in [0.717, 1.165) is 17.8 Å². The second-order valence-electron chi connectivity index (χ2n) is 6.19. The van der Waals surface area contributed by atoms with Crippen LogP contribution in [0.1, 0.15) is 22.3 Å². The number of hydrogen-bond acceptors (Lipinski definition) is 6. The molecule has 1 aliphatic rings. The van der Waals surface area contributed by atoms with Gasteiger partial charge in [-0.25, -0.2) is 9.18 Å². The van der Waals surface area contributed by atoms with Crippen molar-refractivity contribution in [3.63, 3.8) is 0 Å². The number of aromatic hydroxyl groups is 1. The topological polar surface area (TPSA) is 107 Å². The Morgan fingerprint density at radius 2 is 1.97 bits per heavy atom. The summed E-state index contributed by atoms with van der Waals surface area (Å²) in [6.07, 6.45) is 1.34. The van der Waals surface area contributed by atoms with Gasteiger partial charge in [-0.1, -0.05) is 42.2 Å². The third kappa shape index (κ3) is 4.84. The van der Waals surface area contributed by atoms with E-state index >= 15 is 0 Å². The monoisotopic (exact) mass is 446 g/mol. The highest BCUT2D eigenvalue weighted by Crippen LogP contribution is 2.33. The summed E-state index contributed by atoms with van der Waals surface area (Å²) in [5.41, 5.74) is 0.194. The molecule has 0 aliphatic carbocycles. The van der Waals surface area contributed by atoms with Gasteiger partial charge in [0.05, 0.1) is 4.91 Å². The summed E-state index contributed by atoms with van der Waals surface area (Å²) in [7, 11) is 0. The highest BCUT2D eigenvalue weighted by molar-refractivity contribution is 8.26. The number of thioether (sulfide) groups is 1. The van der Waals surface area contributed by atoms with Gasteiger partial charge in [0, 0.05) is 30.3 Å². The number of carbonyl (C=O) groups is 3. The maximum Gasteiger partial charge on any atom is 0.339 e. The summed E-state index contributed by atoms with van der Waals surface area (Å²) in [6, 6.07) is 9.67. The van der Waals surface area contributed by atoms with E-state index in [2.05, 4.69) is 5.32 Å². The van der Waals surface area contributed by atoms with Gasteiger partial charge in [0.15, 0.2) is 0 Å². The van der Waals surface area contributed by atoms with Crippen LogP contribution in [-0.2, 0) is 9.59 Å². The van der Waals surface area contributed by atoms with E-state index < -0.39 is 29.4 Å². The maximum atomic E-state index is 13.8. The van der Waals surface area contributed by atoms with Gasteiger partial charge in [-0.2, -0.15) is 0 Å². The van der Waals surface area contributed by atoms with Gasteiger partial charge >= 0.3 is 5.97 Å². The molecule has 3 N–H and O–H groups in total. The molecule has 2 aromatic carbocycles. The van der Waals surface area contributed by atoms with E-state index in [1.807, 2.05) is 0 Å². The van der Waals surface area contributed by atoms with Crippen LogP contribution in [0.25, 0.3) is 6.08 Å². The van der Waals surface area contributed by atoms with Crippen LogP contribution < -0.4 is 5.32 Å². The van der Waals surface area contributed by atoms with Crippen LogP contribution in [0.15, 0.2) is 47.4 Å². The Bertz CT molecular complexity index is 1090. The van der Waals surface area contributed by atoms with E-state index in [4.69, 9.17) is 17.3 Å². The molecule has 1 heterocycles. The summed E-state index contributed by atoms with van der Waals surface area (Å²) in [5.74, 6) is -3.09. The van der Waals surface area contributed by atoms with Crippen molar-refractivity contribution in [2.24, 2.45) is 0 Å². The number of carboxylic acids is 1. The quantitative estimate of drug-likeness (QED) is 0.461. The predicted molar refractivity (Wildman–Crippen MR) is 115 cm³/mol. The summed E-state index contributed by atoms with van der Waals surface area (Å²) >= 11 is 6.22. The molecule has 1 saturated heterocycles. The second kappa shape index (κ2) is 9.06. The van der Waals surface area contributed by atoms with E-state index in [9.17, 15) is 23.9 Å². The minimum atomic E-state index is -1.29. The SMILES string of the molecule is O=C(CCN1C(=O)C(=Cc2ccccc2F)SC1=S)Nc1ccc(C(=O)O)c(O)c1. The molecule has 0 spiro atoms. The number of hydrogen-bond donors (Lipinski definition) is 3. The molecule has 2 aromatic rings. The largest absolute Gasteiger partial charge is 0.507 e. The number of benzene rings is 2. The van der Waals surface area contributed by atoms with Crippen molar-refractivity contribution in [1.29, 1.82) is 0 Å². The summed E-state index contributed by atoms with van der Waals surface area (Å²) in [4.78, 5) is 37.2. The number of thiocarbonyl (C=S) groups is 1. The van der Waals surface area contributed by atoms with Gasteiger partial charge in [0.2, 0.25) is 5.91 Å². The normalized spacial score (nSPS) is 15.0. The van der Waals surface area contributed by atoms with Gasteiger partial charge in [0.25, 0.3) is 5.91 Å². The zero-order valence-electron chi connectivity index (χ0n) is 15.3. The number of carboxylic acid groups (broad SMARTS) is 1. The molecule has 3 rings (SSSR count). The lowest BCUT2D eigenvalue weighted by molar-refractivity contribution is -0.122. The highest BCUT2D eigenvalue weighted by atomic mass is 32.2. The van der Waals surface area contributed by atoms with Crippen LogP contribution in [-0.4, -0.2) is 43.8 Å². The summed E-state index contributed by atoms with van der Waals surface area (Å²) < 4.78 is 14.1. The number of amides is 2. The summed E-state index contributed by atoms with van der Waals surface area (Å²) in [5, 5.41) is 21.1. The number of nitrogens with one attached hydrogen (secondary N) is 1. The van der Waals surface area contributed by atoms with Crippen molar-refractivity contribution in [2.75, 3.05) is 11.9 Å². The van der Waals surface area contributed by atoms with Crippen LogP contribution in [0.4, 0.5) is 10.1 Å². The second-order valence-corrected chi connectivity index (χ2v) is 7.87. The van der Waals surface area contributed by atoms with Crippen molar-refractivity contribution in [1.82, 2.24) is 4.90 Å². The Labute approximate surface area is 180 Å². The molecule has 1 fully saturated rings. The van der Waals surface area contributed by atoms with Crippen molar-refractivity contribution in [3.05, 3.63) is 64.3 Å². The van der Waals surface area contributed by atoms with Crippen LogP contribution in [0.2, 0.25) is 0 Å². The Morgan fingerprint density at radius 1 is 1.23 bits per heavy atom. The van der Waals surface area contributed by atoms with Crippen molar-refractivity contribution in [2.45, 2.75) is 6.42 Å². The Morgan fingerprint density at radius 3 is 2.63 bits per heavy atom. The molecule has 0 unspecified atom stereocenters. The highest BCUT2D eigenvalue weighted by Gasteiger charge is 2.32. The number of halogens is 1. The first kappa shape index (κ1) is 21.5. The standard InChI is InChI=1S/C20H15FN2O5S2/c21-14-4-2-1-3-11(14)9-16-18(26)23(20(29)30-16)8-7-17(25)22-12-5-6-13(19(27)28)15(24)10-12/h1-6,9-10,24H,7-8H2,(H,22,25)(H,27,28). The summed E-state index contributed by atoms with van der Waals surface area (Å²) in [6.45, 7) is 0.0182. The number of carbonyl (C=O) groups excluding carboxylic acids is 2. The molecule has 1 aliphatic heterocycles. The lowest BCUT2D eigenvalue weighted by Crippen LogP contribution is -2.31. The molecule has 7 nitrogen and oxygen atoms in total. The number of rotatable bonds is 6. The van der Waals surface area contributed by atoms with Crippen LogP contribution in [0.5, 0.6) is 5.75 Å². The molecule has 0 saturated carbocycles. The first-order valence-corrected chi connectivity index (χ1v) is 9.85. The predicted octanol–water partition coefficient (Wildman–Crippen LogP) is 3.46. The lowest BCUT2D eigenvalue weighted by atomic mass is 10.2. The molecule has 154 valence electrons. The van der Waals surface area contributed by atoms with Gasteiger partial charge in [0.1, 0.15) is 21.5 Å². The Hall–Kier alpha value is -3.24. The third-order valence-corrected chi connectivity index (χ3v) is 5.52. The molecule has 30 heavy (non-hydrogen) atoms. The fraction of sp³-hybridized carbons (Fsp3) is 0.100. The molecule has 0 atom stereocenters. The fourth-order valence-electron chi connectivity index (χ4n) is 2.65. The van der Waals surface area contributed by atoms with Gasteiger partial charge in [-0.05, 0) is 24.3 Å². The maximum absolute atomic E-state index is 13.8. The first-order chi connectivity index (χ1) is 14.3. The van der Waals surface area contributed by atoms with Crippen molar-refractivity contribution in [3.8, 4) is 5.75 Å². The Kier molecular flexibility index (Phi) is 6.48. The number of nitrogens with zero attached hydrogens (tertiary/aromatic N) is 1. The molecular weight excluding hydrogens is 431 g/mol. The van der Waals surface area contributed by atoms with E-state index in [0.29, 0.717) is 0 Å². The molecule has 10 heteroatoms. The zero-order valence-corrected chi connectivity index (χ0v) is 16.9. The average molecular weight is 446 g/mol. The van der Waals surface area contributed by atoms with Gasteiger partial charge < -0.3 is 15.5 Å². The minimum Gasteiger partial charge on any atom is -0.507 e. The fourth-order valence-corrected chi connectivity index (χ4v) is 3.95. The zero-order chi connectivity index (χ0) is 21.8. The number of aromatic carboxylic acids is 1. The molecule has 2 amide bonds. The van der Waals surface area contributed by atoms with Gasteiger partial charge in [-0.3, -0.25) is 14.5 Å². The van der Waals surface area contributed by atoms with Gasteiger partial charge in [-0.15, -0.1) is 0 Å². The van der Waals surface area contributed by atoms with Crippen molar-refractivity contribution < 1.29 is 29.0 Å². The van der Waals surface area contributed by atoms with Crippen LogP contribution >= 0.6 is 24.0 Å². The van der Waals surface area contributed by atoms with Crippen molar-refractivity contribution >= 4 is 57.8 Å². The molecular formula is C20H15FN2O5S2. The van der Waals surface area contributed by atoms with Crippen LogP contribution in [0.3, 0.4) is 0 Å². The first-order valence-electron chi connectivity index (χ1n) is 8.62. The lowest BCUT2D eigenvalue weighted by Gasteiger charge is -2.14. The molecule has 0 radical (unpaired) electrons. The third-order valence-electron chi connectivity index (χ3n) is 4.14. The van der Waals surface area contributed by atoms with E-state index in [1.165, 1.54) is 29.2 Å². The Balaban J connectivity index is 1.61. The van der Waals surface area contributed by atoms with E-state index in [-0.39, 0.29) is 39.0 Å². The smallest absolute Gasteiger partial charge is 0.339 e.